The summed E-state index contributed by atoms with van der Waals surface area (Å²) in [6.45, 7) is 3.68. The fraction of sp³-hybridized carbons (Fsp3) is 0.214. The summed E-state index contributed by atoms with van der Waals surface area (Å²) in [6.07, 6.45) is 1.57. The van der Waals surface area contributed by atoms with E-state index in [-0.39, 0.29) is 4.91 Å². The van der Waals surface area contributed by atoms with Gasteiger partial charge in [-0.1, -0.05) is 12.1 Å². The highest BCUT2D eigenvalue weighted by atomic mass is 32.2. The number of hydrogen-bond donors (Lipinski definition) is 2. The Bertz CT molecular complexity index is 695. The number of carbonyl (C=O) groups is 1. The monoisotopic (exact) mass is 305 g/mol. The Morgan fingerprint density at radius 1 is 1.43 bits per heavy atom. The van der Waals surface area contributed by atoms with Crippen molar-refractivity contribution >= 4 is 23.8 Å². The lowest BCUT2D eigenvalue weighted by Gasteiger charge is -2.06. The Morgan fingerprint density at radius 3 is 2.76 bits per heavy atom. The molecule has 0 saturated carbocycles. The number of H-pyrrole nitrogens is 1. The molecule has 0 unspecified atom stereocenters. The molecule has 7 heteroatoms. The molecule has 110 valence electrons. The van der Waals surface area contributed by atoms with Gasteiger partial charge in [0.2, 0.25) is 5.16 Å². The third kappa shape index (κ3) is 3.85. The van der Waals surface area contributed by atoms with Crippen LogP contribution < -0.4 is 4.74 Å². The van der Waals surface area contributed by atoms with E-state index in [0.717, 1.165) is 22.9 Å². The molecule has 1 aromatic carbocycles. The fourth-order valence-corrected chi connectivity index (χ4v) is 2.43. The zero-order chi connectivity index (χ0) is 15.4. The van der Waals surface area contributed by atoms with Crippen LogP contribution in [0.4, 0.5) is 0 Å². The lowest BCUT2D eigenvalue weighted by molar-refractivity contribution is -0.131. The molecule has 0 aliphatic rings. The number of nitrogens with one attached hydrogen (secondary N) is 1. The van der Waals surface area contributed by atoms with E-state index < -0.39 is 5.97 Å². The molecule has 0 bridgehead atoms. The maximum Gasteiger partial charge on any atom is 0.342 e. The van der Waals surface area contributed by atoms with Crippen LogP contribution in [-0.2, 0) is 4.79 Å². The molecule has 2 N–H and O–H groups in total. The van der Waals surface area contributed by atoms with Crippen LogP contribution in [0.25, 0.3) is 6.08 Å². The van der Waals surface area contributed by atoms with Crippen molar-refractivity contribution in [2.24, 2.45) is 0 Å². The van der Waals surface area contributed by atoms with E-state index in [0.29, 0.717) is 16.7 Å². The van der Waals surface area contributed by atoms with Crippen molar-refractivity contribution in [3.63, 3.8) is 0 Å². The summed E-state index contributed by atoms with van der Waals surface area (Å²) in [5.74, 6) is 0.327. The molecule has 0 amide bonds. The van der Waals surface area contributed by atoms with Gasteiger partial charge in [-0.15, -0.1) is 5.10 Å². The van der Waals surface area contributed by atoms with Gasteiger partial charge < -0.3 is 9.84 Å². The van der Waals surface area contributed by atoms with Gasteiger partial charge in [-0.25, -0.2) is 9.78 Å². The van der Waals surface area contributed by atoms with Crippen molar-refractivity contribution in [3.8, 4) is 5.75 Å². The zero-order valence-corrected chi connectivity index (χ0v) is 12.7. The van der Waals surface area contributed by atoms with Gasteiger partial charge in [-0.2, -0.15) is 0 Å². The summed E-state index contributed by atoms with van der Waals surface area (Å²) in [5, 5.41) is 16.3. The molecule has 0 aliphatic carbocycles. The molecule has 2 rings (SSSR count). The van der Waals surface area contributed by atoms with E-state index in [1.54, 1.807) is 26.2 Å². The van der Waals surface area contributed by atoms with Crippen molar-refractivity contribution in [1.82, 2.24) is 15.2 Å². The van der Waals surface area contributed by atoms with Gasteiger partial charge in [0, 0.05) is 0 Å². The Labute approximate surface area is 126 Å². The number of aryl methyl sites for hydroxylation is 2. The molecule has 1 heterocycles. The first-order valence-electron chi connectivity index (χ1n) is 6.16. The Balaban J connectivity index is 2.31. The number of thioether (sulfide) groups is 1. The summed E-state index contributed by atoms with van der Waals surface area (Å²) in [6, 6.07) is 5.51. The summed E-state index contributed by atoms with van der Waals surface area (Å²) in [4.78, 5) is 15.6. The number of carboxylic acid groups (broad SMARTS) is 1. The Hall–Kier alpha value is -2.28. The third-order valence-corrected chi connectivity index (χ3v) is 3.60. The smallest absolute Gasteiger partial charge is 0.342 e. The molecular weight excluding hydrogens is 290 g/mol. The zero-order valence-electron chi connectivity index (χ0n) is 11.9. The van der Waals surface area contributed by atoms with Gasteiger partial charge in [0.25, 0.3) is 0 Å². The van der Waals surface area contributed by atoms with E-state index in [1.807, 2.05) is 19.1 Å². The number of nitrogens with zero attached hydrogens (tertiary/aromatic N) is 2. The molecule has 0 aliphatic heterocycles. The van der Waals surface area contributed by atoms with E-state index >= 15 is 0 Å². The Morgan fingerprint density at radius 2 is 2.19 bits per heavy atom. The molecule has 6 nitrogen and oxygen atoms in total. The average molecular weight is 305 g/mol. The van der Waals surface area contributed by atoms with Gasteiger partial charge in [-0.05, 0) is 48.9 Å². The van der Waals surface area contributed by atoms with E-state index in [9.17, 15) is 9.90 Å². The van der Waals surface area contributed by atoms with Gasteiger partial charge in [0.1, 0.15) is 16.5 Å². The molecule has 1 aromatic heterocycles. The van der Waals surface area contributed by atoms with Crippen molar-refractivity contribution in [3.05, 3.63) is 40.1 Å². The first-order chi connectivity index (χ1) is 9.99. The molecule has 2 aromatic rings. The molecule has 0 atom stereocenters. The number of methoxy groups -OCH3 is 1. The molecule has 0 spiro atoms. The minimum atomic E-state index is -1.03. The second-order valence-corrected chi connectivity index (χ2v) is 5.36. The first kappa shape index (κ1) is 15.1. The average Bonchev–Trinajstić information content (AvgIpc) is 2.85. The highest BCUT2D eigenvalue weighted by Gasteiger charge is 2.13. The highest BCUT2D eigenvalue weighted by Crippen LogP contribution is 2.27. The normalized spacial score (nSPS) is 11.5. The summed E-state index contributed by atoms with van der Waals surface area (Å²) < 4.78 is 5.24. The number of rotatable bonds is 5. The van der Waals surface area contributed by atoms with Crippen molar-refractivity contribution < 1.29 is 14.6 Å². The van der Waals surface area contributed by atoms with Crippen molar-refractivity contribution in [1.29, 1.82) is 0 Å². The molecule has 21 heavy (non-hydrogen) atoms. The first-order valence-corrected chi connectivity index (χ1v) is 6.97. The highest BCUT2D eigenvalue weighted by molar-refractivity contribution is 8.04. The maximum absolute atomic E-state index is 11.4. The number of benzene rings is 1. The molecule has 0 fully saturated rings. The third-order valence-electron chi connectivity index (χ3n) is 2.72. The lowest BCUT2D eigenvalue weighted by atomic mass is 10.1. The standard InChI is InChI=1S/C14H15N3O3S/c1-8-4-5-10(6-11(8)20-3)7-12(13(18)19)21-14-15-9(2)16-17-14/h4-7H,1-3H3,(H,18,19)(H,15,16,17)/b12-7-. The predicted octanol–water partition coefficient (Wildman–Crippen LogP) is 2.65. The maximum atomic E-state index is 11.4. The molecule has 0 radical (unpaired) electrons. The molecular formula is C14H15N3O3S. The van der Waals surface area contributed by atoms with E-state index in [1.165, 1.54) is 0 Å². The molecule has 0 saturated heterocycles. The van der Waals surface area contributed by atoms with Crippen LogP contribution >= 0.6 is 11.8 Å². The number of hydrogen-bond acceptors (Lipinski definition) is 5. The second kappa shape index (κ2) is 6.45. The predicted molar refractivity (Wildman–Crippen MR) is 80.3 cm³/mol. The quantitative estimate of drug-likeness (QED) is 0.652. The lowest BCUT2D eigenvalue weighted by Crippen LogP contribution is -1.97. The van der Waals surface area contributed by atoms with E-state index in [4.69, 9.17) is 4.74 Å². The second-order valence-electron chi connectivity index (χ2n) is 4.35. The van der Waals surface area contributed by atoms with Crippen LogP contribution in [0.2, 0.25) is 0 Å². The van der Waals surface area contributed by atoms with Crippen LogP contribution in [-0.4, -0.2) is 33.4 Å². The number of ether oxygens (including phenoxy) is 1. The fourth-order valence-electron chi connectivity index (χ4n) is 1.68. The van der Waals surface area contributed by atoms with Crippen molar-refractivity contribution in [2.45, 2.75) is 19.0 Å². The minimum absolute atomic E-state index is 0.139. The summed E-state index contributed by atoms with van der Waals surface area (Å²) >= 11 is 0.997. The van der Waals surface area contributed by atoms with Gasteiger partial charge in [0.15, 0.2) is 0 Å². The van der Waals surface area contributed by atoms with Crippen LogP contribution in [0.1, 0.15) is 17.0 Å². The largest absolute Gasteiger partial charge is 0.496 e. The van der Waals surface area contributed by atoms with Gasteiger partial charge in [-0.3, -0.25) is 5.10 Å². The number of carboxylic acids is 1. The summed E-state index contributed by atoms with van der Waals surface area (Å²) in [5.41, 5.74) is 1.73. The number of aliphatic carboxylic acids is 1. The summed E-state index contributed by atoms with van der Waals surface area (Å²) in [7, 11) is 1.58. The van der Waals surface area contributed by atoms with Crippen molar-refractivity contribution in [2.75, 3.05) is 7.11 Å². The SMILES string of the molecule is COc1cc(/C=C(\Sc2n[nH]c(C)n2)C(=O)O)ccc1C. The van der Waals surface area contributed by atoms with Gasteiger partial charge in [0.05, 0.1) is 7.11 Å². The minimum Gasteiger partial charge on any atom is -0.496 e. The Kier molecular flexibility index (Phi) is 4.64. The van der Waals surface area contributed by atoms with E-state index in [2.05, 4.69) is 15.2 Å². The van der Waals surface area contributed by atoms with Crippen LogP contribution in [0.3, 0.4) is 0 Å². The van der Waals surface area contributed by atoms with Crippen LogP contribution in [0.5, 0.6) is 5.75 Å². The van der Waals surface area contributed by atoms with Crippen LogP contribution in [0, 0.1) is 13.8 Å². The topological polar surface area (TPSA) is 88.1 Å². The number of aromatic nitrogens is 3. The van der Waals surface area contributed by atoms with Crippen LogP contribution in [0.15, 0.2) is 28.3 Å². The number of aromatic amines is 1. The van der Waals surface area contributed by atoms with Gasteiger partial charge >= 0.3 is 5.97 Å².